The highest BCUT2D eigenvalue weighted by atomic mass is 32.2. The Balaban J connectivity index is 1.61. The number of rotatable bonds is 9. The number of nitrogens with zero attached hydrogens (tertiary/aromatic N) is 1. The van der Waals surface area contributed by atoms with Crippen LogP contribution in [0.2, 0.25) is 0 Å². The van der Waals surface area contributed by atoms with Gasteiger partial charge < -0.3 is 19.2 Å². The monoisotopic (exact) mass is 528 g/mol. The normalized spacial score (nSPS) is 11.2. The summed E-state index contributed by atoms with van der Waals surface area (Å²) in [5.74, 6) is -0.130. The van der Waals surface area contributed by atoms with Crippen LogP contribution in [0.25, 0.3) is 11.5 Å². The number of aromatic nitrogens is 1. The predicted octanol–water partition coefficient (Wildman–Crippen LogP) is 5.06. The number of benzene rings is 3. The molecule has 186 valence electrons. The van der Waals surface area contributed by atoms with Gasteiger partial charge in [0.15, 0.2) is 0 Å². The Bertz CT molecular complexity index is 1470. The maximum absolute atomic E-state index is 13.4. The number of oxazole rings is 1. The van der Waals surface area contributed by atoms with Gasteiger partial charge in [-0.2, -0.15) is 4.98 Å². The number of amides is 1. The largest absolute Gasteiger partial charge is 0.497 e. The first-order valence-corrected chi connectivity index (χ1v) is 13.0. The van der Waals surface area contributed by atoms with Crippen LogP contribution in [0.3, 0.4) is 0 Å². The summed E-state index contributed by atoms with van der Waals surface area (Å²) in [6, 6.07) is 18.1. The molecule has 0 atom stereocenters. The van der Waals surface area contributed by atoms with Crippen LogP contribution >= 0.6 is 11.8 Å². The molecule has 0 saturated carbocycles. The lowest BCUT2D eigenvalue weighted by Gasteiger charge is -2.11. The van der Waals surface area contributed by atoms with Crippen molar-refractivity contribution in [3.8, 4) is 23.0 Å². The zero-order valence-corrected chi connectivity index (χ0v) is 20.9. The van der Waals surface area contributed by atoms with E-state index in [0.29, 0.717) is 22.7 Å². The Hall–Kier alpha value is -3.83. The van der Waals surface area contributed by atoms with E-state index in [2.05, 4.69) is 10.3 Å². The van der Waals surface area contributed by atoms with Crippen LogP contribution in [-0.4, -0.2) is 39.3 Å². The zero-order valence-electron chi connectivity index (χ0n) is 19.2. The maximum Gasteiger partial charge on any atom is 0.234 e. The molecule has 0 aliphatic rings. The molecule has 0 spiro atoms. The van der Waals surface area contributed by atoms with E-state index < -0.39 is 21.6 Å². The average molecular weight is 529 g/mol. The van der Waals surface area contributed by atoms with E-state index in [9.17, 15) is 17.6 Å². The number of carbonyl (C=O) groups excluding carboxylic acids is 1. The molecule has 1 N–H and O–H groups in total. The highest BCUT2D eigenvalue weighted by Gasteiger charge is 2.29. The second-order valence-electron chi connectivity index (χ2n) is 7.34. The predicted molar refractivity (Wildman–Crippen MR) is 133 cm³/mol. The topological polar surface area (TPSA) is 108 Å². The van der Waals surface area contributed by atoms with Crippen molar-refractivity contribution >= 4 is 33.2 Å². The summed E-state index contributed by atoms with van der Waals surface area (Å²) in [6.07, 6.45) is 0. The second kappa shape index (κ2) is 10.8. The van der Waals surface area contributed by atoms with Gasteiger partial charge in [0.05, 0.1) is 30.6 Å². The quantitative estimate of drug-likeness (QED) is 0.237. The summed E-state index contributed by atoms with van der Waals surface area (Å²) >= 11 is 0.876. The van der Waals surface area contributed by atoms with Gasteiger partial charge in [-0.3, -0.25) is 4.79 Å². The van der Waals surface area contributed by atoms with Gasteiger partial charge in [-0.25, -0.2) is 12.8 Å². The molecule has 0 fully saturated rings. The van der Waals surface area contributed by atoms with E-state index in [1.165, 1.54) is 14.2 Å². The van der Waals surface area contributed by atoms with Gasteiger partial charge in [0.25, 0.3) is 0 Å². The molecular weight excluding hydrogens is 507 g/mol. The number of halogens is 1. The molecule has 36 heavy (non-hydrogen) atoms. The first-order valence-electron chi connectivity index (χ1n) is 10.5. The van der Waals surface area contributed by atoms with E-state index in [4.69, 9.17) is 13.9 Å². The molecule has 0 saturated heterocycles. The smallest absolute Gasteiger partial charge is 0.234 e. The maximum atomic E-state index is 13.4. The van der Waals surface area contributed by atoms with Crippen molar-refractivity contribution < 1.29 is 31.5 Å². The average Bonchev–Trinajstić information content (AvgIpc) is 3.34. The Kier molecular flexibility index (Phi) is 7.61. The molecule has 1 amide bonds. The molecule has 3 aromatic carbocycles. The minimum absolute atomic E-state index is 0.0602. The highest BCUT2D eigenvalue weighted by Crippen LogP contribution is 2.35. The molecule has 11 heteroatoms. The number of methoxy groups -OCH3 is 2. The van der Waals surface area contributed by atoms with Crippen LogP contribution in [-0.2, 0) is 14.6 Å². The molecule has 0 radical (unpaired) electrons. The summed E-state index contributed by atoms with van der Waals surface area (Å²) in [6.45, 7) is 0. The molecule has 0 aliphatic carbocycles. The van der Waals surface area contributed by atoms with E-state index in [-0.39, 0.29) is 26.7 Å². The van der Waals surface area contributed by atoms with Gasteiger partial charge in [-0.1, -0.05) is 30.0 Å². The number of thioether (sulfide) groups is 1. The number of carbonyl (C=O) groups is 1. The molecular formula is C25H21FN2O6S2. The fourth-order valence-electron chi connectivity index (χ4n) is 3.20. The van der Waals surface area contributed by atoms with Crippen LogP contribution in [0.4, 0.5) is 10.1 Å². The van der Waals surface area contributed by atoms with E-state index in [0.717, 1.165) is 36.0 Å². The minimum Gasteiger partial charge on any atom is -0.497 e. The highest BCUT2D eigenvalue weighted by molar-refractivity contribution is 8.00. The molecule has 0 aliphatic heterocycles. The third-order valence-electron chi connectivity index (χ3n) is 4.98. The van der Waals surface area contributed by atoms with Crippen LogP contribution < -0.4 is 14.8 Å². The van der Waals surface area contributed by atoms with Crippen molar-refractivity contribution in [2.24, 2.45) is 0 Å². The van der Waals surface area contributed by atoms with Crippen molar-refractivity contribution in [1.82, 2.24) is 4.98 Å². The first kappa shape index (κ1) is 25.3. The number of nitrogens with one attached hydrogen (secondary N) is 1. The number of sulfone groups is 1. The molecule has 1 heterocycles. The number of ether oxygens (including phenoxy) is 2. The summed E-state index contributed by atoms with van der Waals surface area (Å²) in [4.78, 5) is 16.8. The Morgan fingerprint density at radius 3 is 2.42 bits per heavy atom. The van der Waals surface area contributed by atoms with Gasteiger partial charge in [0, 0.05) is 11.6 Å². The van der Waals surface area contributed by atoms with E-state index in [1.54, 1.807) is 48.5 Å². The Morgan fingerprint density at radius 2 is 1.75 bits per heavy atom. The van der Waals surface area contributed by atoms with Gasteiger partial charge in [-0.05, 0) is 48.5 Å². The third-order valence-corrected chi connectivity index (χ3v) is 7.74. The summed E-state index contributed by atoms with van der Waals surface area (Å²) in [7, 11) is -1.18. The Morgan fingerprint density at radius 1 is 1.03 bits per heavy atom. The molecule has 1 aromatic heterocycles. The van der Waals surface area contributed by atoms with Crippen LogP contribution in [0, 0.1) is 5.82 Å². The number of hydrogen-bond acceptors (Lipinski definition) is 8. The lowest BCUT2D eigenvalue weighted by molar-refractivity contribution is -0.113. The van der Waals surface area contributed by atoms with Crippen molar-refractivity contribution in [1.29, 1.82) is 0 Å². The fourth-order valence-corrected chi connectivity index (χ4v) is 5.53. The molecule has 8 nitrogen and oxygen atoms in total. The number of hydrogen-bond donors (Lipinski definition) is 1. The van der Waals surface area contributed by atoms with Gasteiger partial charge in [-0.15, -0.1) is 0 Å². The zero-order chi connectivity index (χ0) is 25.7. The Labute approximate surface area is 211 Å². The van der Waals surface area contributed by atoms with E-state index >= 15 is 0 Å². The lowest BCUT2D eigenvalue weighted by Crippen LogP contribution is -2.15. The van der Waals surface area contributed by atoms with Crippen molar-refractivity contribution in [3.05, 3.63) is 78.6 Å². The molecule has 0 unspecified atom stereocenters. The SMILES string of the molecule is COc1ccc(NC(=O)CSc2oc(-c3ccccc3)nc2S(=O)(=O)c2ccc(F)cc2)c(OC)c1. The fraction of sp³-hybridized carbons (Fsp3) is 0.120. The lowest BCUT2D eigenvalue weighted by atomic mass is 10.2. The third kappa shape index (κ3) is 5.52. The standard InChI is InChI=1S/C25H21FN2O6S2/c1-32-18-10-13-20(21(14-18)33-2)27-22(29)15-35-25-24(28-23(34-25)16-6-4-3-5-7-16)36(30,31)19-11-8-17(26)9-12-19/h3-14H,15H2,1-2H3,(H,27,29). The summed E-state index contributed by atoms with van der Waals surface area (Å²) < 4.78 is 56.2. The second-order valence-corrected chi connectivity index (χ2v) is 10.2. The van der Waals surface area contributed by atoms with Crippen molar-refractivity contribution in [2.45, 2.75) is 15.0 Å². The molecule has 4 aromatic rings. The van der Waals surface area contributed by atoms with E-state index in [1.807, 2.05) is 0 Å². The van der Waals surface area contributed by atoms with Gasteiger partial charge in [0.2, 0.25) is 31.8 Å². The minimum atomic E-state index is -4.16. The first-order chi connectivity index (χ1) is 17.3. The van der Waals surface area contributed by atoms with Crippen LogP contribution in [0.1, 0.15) is 0 Å². The molecule has 4 rings (SSSR count). The van der Waals surface area contributed by atoms with Gasteiger partial charge >= 0.3 is 0 Å². The van der Waals surface area contributed by atoms with Crippen LogP contribution in [0.5, 0.6) is 11.5 Å². The van der Waals surface area contributed by atoms with Crippen LogP contribution in [0.15, 0.2) is 92.2 Å². The molecule has 0 bridgehead atoms. The number of anilines is 1. The summed E-state index contributed by atoms with van der Waals surface area (Å²) in [5, 5.41) is 2.31. The van der Waals surface area contributed by atoms with Crippen molar-refractivity contribution in [3.63, 3.8) is 0 Å². The van der Waals surface area contributed by atoms with Crippen molar-refractivity contribution in [2.75, 3.05) is 25.3 Å². The summed E-state index contributed by atoms with van der Waals surface area (Å²) in [5.41, 5.74) is 0.984. The van der Waals surface area contributed by atoms with Gasteiger partial charge in [0.1, 0.15) is 17.3 Å².